The number of rotatable bonds is 2. The van der Waals surface area contributed by atoms with Gasteiger partial charge in [-0.3, -0.25) is 0 Å². The van der Waals surface area contributed by atoms with Crippen LogP contribution in [0.15, 0.2) is 18.2 Å². The molecule has 1 fully saturated rings. The van der Waals surface area contributed by atoms with Gasteiger partial charge in [-0.1, -0.05) is 6.07 Å². The number of aromatic nitrogens is 1. The zero-order valence-electron chi connectivity index (χ0n) is 7.90. The molecule has 0 amide bonds. The number of nitrogens with zero attached hydrogens (tertiary/aromatic N) is 2. The number of anilines is 1. The first-order valence-corrected chi connectivity index (χ1v) is 4.71. The average Bonchev–Trinajstić information content (AvgIpc) is 2.03. The Morgan fingerprint density at radius 3 is 3.00 bits per heavy atom. The molecule has 2 rings (SSSR count). The van der Waals surface area contributed by atoms with Crippen LogP contribution in [0, 0.1) is 6.92 Å². The molecule has 1 unspecified atom stereocenters. The van der Waals surface area contributed by atoms with E-state index >= 15 is 0 Å². The minimum absolute atomic E-state index is 0.509. The average molecular weight is 177 g/mol. The van der Waals surface area contributed by atoms with Gasteiger partial charge in [0, 0.05) is 24.8 Å². The van der Waals surface area contributed by atoms with Crippen molar-refractivity contribution >= 4 is 5.82 Å². The molecule has 0 aliphatic carbocycles. The van der Waals surface area contributed by atoms with E-state index < -0.39 is 0 Å². The van der Waals surface area contributed by atoms with Gasteiger partial charge < -0.3 is 10.6 Å². The van der Waals surface area contributed by atoms with Crippen LogP contribution in [0.5, 0.6) is 0 Å². The van der Waals surface area contributed by atoms with E-state index in [9.17, 15) is 0 Å². The lowest BCUT2D eigenvalue weighted by Crippen LogP contribution is -2.52. The molecule has 1 aromatic heterocycles. The topological polar surface area (TPSA) is 42.1 Å². The zero-order chi connectivity index (χ0) is 9.26. The van der Waals surface area contributed by atoms with Crippen molar-refractivity contribution in [2.75, 3.05) is 18.0 Å². The second-order valence-corrected chi connectivity index (χ2v) is 3.51. The second-order valence-electron chi connectivity index (χ2n) is 3.51. The minimum Gasteiger partial charge on any atom is -0.352 e. The lowest BCUT2D eigenvalue weighted by molar-refractivity contribution is 0.451. The van der Waals surface area contributed by atoms with Crippen molar-refractivity contribution in [3.05, 3.63) is 23.9 Å². The summed E-state index contributed by atoms with van der Waals surface area (Å²) in [6.07, 6.45) is 1.20. The van der Waals surface area contributed by atoms with Crippen LogP contribution in [0.4, 0.5) is 5.82 Å². The number of aryl methyl sites for hydroxylation is 1. The SMILES string of the molecule is Cc1cccc(N2CCC2CN)n1. The smallest absolute Gasteiger partial charge is 0.129 e. The Hall–Kier alpha value is -1.09. The molecule has 1 aromatic rings. The van der Waals surface area contributed by atoms with E-state index in [1.165, 1.54) is 6.42 Å². The standard InChI is InChI=1S/C10H15N3/c1-8-3-2-4-10(12-8)13-6-5-9(13)7-11/h2-4,9H,5-7,11H2,1H3. The molecule has 0 saturated carbocycles. The molecule has 0 spiro atoms. The number of hydrogen-bond acceptors (Lipinski definition) is 3. The monoisotopic (exact) mass is 177 g/mol. The summed E-state index contributed by atoms with van der Waals surface area (Å²) in [7, 11) is 0. The molecule has 0 radical (unpaired) electrons. The van der Waals surface area contributed by atoms with Crippen LogP contribution in [0.2, 0.25) is 0 Å². The van der Waals surface area contributed by atoms with E-state index in [0.717, 1.165) is 24.6 Å². The Balaban J connectivity index is 2.16. The molecule has 1 atom stereocenters. The first kappa shape index (κ1) is 8.51. The van der Waals surface area contributed by atoms with E-state index in [4.69, 9.17) is 5.73 Å². The molecule has 3 heteroatoms. The van der Waals surface area contributed by atoms with E-state index in [0.29, 0.717) is 6.04 Å². The molecule has 1 saturated heterocycles. The Bertz CT molecular complexity index is 296. The summed E-state index contributed by atoms with van der Waals surface area (Å²) >= 11 is 0. The summed E-state index contributed by atoms with van der Waals surface area (Å²) in [6.45, 7) is 3.84. The molecule has 1 aliphatic heterocycles. The van der Waals surface area contributed by atoms with Gasteiger partial charge >= 0.3 is 0 Å². The van der Waals surface area contributed by atoms with Crippen LogP contribution in [0.3, 0.4) is 0 Å². The summed E-state index contributed by atoms with van der Waals surface area (Å²) < 4.78 is 0. The van der Waals surface area contributed by atoms with Gasteiger partial charge in [-0.2, -0.15) is 0 Å². The third-order valence-corrected chi connectivity index (χ3v) is 2.58. The molecule has 0 bridgehead atoms. The summed E-state index contributed by atoms with van der Waals surface area (Å²) in [6, 6.07) is 6.62. The van der Waals surface area contributed by atoms with Gasteiger partial charge in [0.15, 0.2) is 0 Å². The molecule has 0 aromatic carbocycles. The maximum atomic E-state index is 5.63. The molecule has 1 aliphatic rings. The normalized spacial score (nSPS) is 21.4. The fourth-order valence-electron chi connectivity index (χ4n) is 1.68. The Morgan fingerprint density at radius 1 is 1.62 bits per heavy atom. The minimum atomic E-state index is 0.509. The van der Waals surface area contributed by atoms with E-state index in [1.807, 2.05) is 19.1 Å². The van der Waals surface area contributed by atoms with Crippen LogP contribution in [-0.4, -0.2) is 24.1 Å². The zero-order valence-corrected chi connectivity index (χ0v) is 7.90. The second kappa shape index (κ2) is 3.34. The molecule has 70 valence electrons. The van der Waals surface area contributed by atoms with Gasteiger partial charge in [0.1, 0.15) is 5.82 Å². The van der Waals surface area contributed by atoms with Crippen molar-refractivity contribution in [2.45, 2.75) is 19.4 Å². The number of nitrogens with two attached hydrogens (primary N) is 1. The van der Waals surface area contributed by atoms with Crippen molar-refractivity contribution in [2.24, 2.45) is 5.73 Å². The van der Waals surface area contributed by atoms with Gasteiger partial charge in [0.2, 0.25) is 0 Å². The summed E-state index contributed by atoms with van der Waals surface area (Å²) in [4.78, 5) is 6.73. The summed E-state index contributed by atoms with van der Waals surface area (Å²) in [5.74, 6) is 1.07. The van der Waals surface area contributed by atoms with E-state index in [-0.39, 0.29) is 0 Å². The molecule has 3 nitrogen and oxygen atoms in total. The lowest BCUT2D eigenvalue weighted by Gasteiger charge is -2.41. The van der Waals surface area contributed by atoms with Crippen LogP contribution in [-0.2, 0) is 0 Å². The first-order chi connectivity index (χ1) is 6.31. The predicted molar refractivity (Wildman–Crippen MR) is 53.8 cm³/mol. The van der Waals surface area contributed by atoms with Gasteiger partial charge in [0.25, 0.3) is 0 Å². The predicted octanol–water partition coefficient (Wildman–Crippen LogP) is 0.927. The number of pyridine rings is 1. The maximum absolute atomic E-state index is 5.63. The quantitative estimate of drug-likeness (QED) is 0.730. The van der Waals surface area contributed by atoms with Gasteiger partial charge in [-0.15, -0.1) is 0 Å². The Morgan fingerprint density at radius 2 is 2.46 bits per heavy atom. The highest BCUT2D eigenvalue weighted by Crippen LogP contribution is 2.23. The van der Waals surface area contributed by atoms with Crippen molar-refractivity contribution in [3.8, 4) is 0 Å². The Kier molecular flexibility index (Phi) is 2.19. The highest BCUT2D eigenvalue weighted by molar-refractivity contribution is 5.43. The third-order valence-electron chi connectivity index (χ3n) is 2.58. The first-order valence-electron chi connectivity index (χ1n) is 4.71. The summed E-state index contributed by atoms with van der Waals surface area (Å²) in [5.41, 5.74) is 6.70. The fourth-order valence-corrected chi connectivity index (χ4v) is 1.68. The number of hydrogen-bond donors (Lipinski definition) is 1. The molecular formula is C10H15N3. The molecule has 2 heterocycles. The van der Waals surface area contributed by atoms with E-state index in [2.05, 4.69) is 16.0 Å². The maximum Gasteiger partial charge on any atom is 0.129 e. The fraction of sp³-hybridized carbons (Fsp3) is 0.500. The van der Waals surface area contributed by atoms with Crippen LogP contribution in [0.1, 0.15) is 12.1 Å². The largest absolute Gasteiger partial charge is 0.352 e. The van der Waals surface area contributed by atoms with Crippen molar-refractivity contribution in [1.29, 1.82) is 0 Å². The van der Waals surface area contributed by atoms with Gasteiger partial charge in [0.05, 0.1) is 0 Å². The summed E-state index contributed by atoms with van der Waals surface area (Å²) in [5, 5.41) is 0. The highest BCUT2D eigenvalue weighted by atomic mass is 15.3. The lowest BCUT2D eigenvalue weighted by atomic mass is 10.0. The third kappa shape index (κ3) is 1.52. The van der Waals surface area contributed by atoms with Gasteiger partial charge in [-0.05, 0) is 25.5 Å². The Labute approximate surface area is 78.6 Å². The van der Waals surface area contributed by atoms with Crippen molar-refractivity contribution < 1.29 is 0 Å². The van der Waals surface area contributed by atoms with E-state index in [1.54, 1.807) is 0 Å². The van der Waals surface area contributed by atoms with Crippen molar-refractivity contribution in [3.63, 3.8) is 0 Å². The molecular weight excluding hydrogens is 162 g/mol. The van der Waals surface area contributed by atoms with Crippen LogP contribution < -0.4 is 10.6 Å². The highest BCUT2D eigenvalue weighted by Gasteiger charge is 2.27. The van der Waals surface area contributed by atoms with Crippen LogP contribution >= 0.6 is 0 Å². The van der Waals surface area contributed by atoms with Crippen LogP contribution in [0.25, 0.3) is 0 Å². The molecule has 2 N–H and O–H groups in total. The van der Waals surface area contributed by atoms with Crippen molar-refractivity contribution in [1.82, 2.24) is 4.98 Å². The molecule has 13 heavy (non-hydrogen) atoms. The van der Waals surface area contributed by atoms with Gasteiger partial charge in [-0.25, -0.2) is 4.98 Å².